The number of rotatable bonds is 2. The van der Waals surface area contributed by atoms with Crippen LogP contribution in [0.3, 0.4) is 0 Å². The van der Waals surface area contributed by atoms with Crippen molar-refractivity contribution >= 4 is 11.6 Å². The van der Waals surface area contributed by atoms with Crippen LogP contribution in [-0.2, 0) is 6.42 Å². The first kappa shape index (κ1) is 14.4. The van der Waals surface area contributed by atoms with Crippen molar-refractivity contribution in [1.82, 2.24) is 9.80 Å². The first-order valence-corrected chi connectivity index (χ1v) is 7.97. The number of likely N-dealkylation sites (tertiary alicyclic amines) is 1. The Morgan fingerprint density at radius 1 is 1.33 bits per heavy atom. The molecule has 2 aliphatic heterocycles. The number of hydrogen-bond acceptors (Lipinski definition) is 3. The standard InChI is InChI=1S/C17H25N3O/c1-19-10-7-15(8-11-19)20(2)17(21)14-5-6-16-13(12-14)4-3-9-18-16/h5-6,12,15,18H,3-4,7-11H2,1-2H3. The predicted molar refractivity (Wildman–Crippen MR) is 85.9 cm³/mol. The van der Waals surface area contributed by atoms with Crippen LogP contribution in [0.1, 0.15) is 35.2 Å². The van der Waals surface area contributed by atoms with E-state index in [1.165, 1.54) is 11.3 Å². The molecule has 21 heavy (non-hydrogen) atoms. The van der Waals surface area contributed by atoms with Gasteiger partial charge < -0.3 is 15.1 Å². The van der Waals surface area contributed by atoms with Crippen LogP contribution in [-0.4, -0.2) is 55.5 Å². The fourth-order valence-electron chi connectivity index (χ4n) is 3.36. The molecule has 0 saturated carbocycles. The van der Waals surface area contributed by atoms with Crippen LogP contribution in [0, 0.1) is 0 Å². The SMILES string of the molecule is CN1CCC(N(C)C(=O)c2ccc3c(c2)CCCN3)CC1. The zero-order valence-corrected chi connectivity index (χ0v) is 13.1. The van der Waals surface area contributed by atoms with E-state index in [1.807, 2.05) is 18.0 Å². The molecule has 2 heterocycles. The first-order chi connectivity index (χ1) is 10.1. The second-order valence-electron chi connectivity index (χ2n) is 6.35. The number of fused-ring (bicyclic) bond motifs is 1. The van der Waals surface area contributed by atoms with Gasteiger partial charge in [0.1, 0.15) is 0 Å². The molecule has 0 radical (unpaired) electrons. The van der Waals surface area contributed by atoms with Gasteiger partial charge in [0, 0.05) is 30.9 Å². The van der Waals surface area contributed by atoms with Crippen molar-refractivity contribution in [2.75, 3.05) is 39.0 Å². The Labute approximate surface area is 127 Å². The zero-order chi connectivity index (χ0) is 14.8. The molecule has 1 fully saturated rings. The molecular weight excluding hydrogens is 262 g/mol. The Morgan fingerprint density at radius 2 is 2.10 bits per heavy atom. The van der Waals surface area contributed by atoms with Gasteiger partial charge in [-0.2, -0.15) is 0 Å². The van der Waals surface area contributed by atoms with Gasteiger partial charge in [0.15, 0.2) is 0 Å². The number of carbonyl (C=O) groups excluding carboxylic acids is 1. The molecule has 0 aliphatic carbocycles. The van der Waals surface area contributed by atoms with Crippen molar-refractivity contribution in [3.8, 4) is 0 Å². The number of nitrogens with one attached hydrogen (secondary N) is 1. The van der Waals surface area contributed by atoms with Gasteiger partial charge in [-0.1, -0.05) is 0 Å². The highest BCUT2D eigenvalue weighted by Gasteiger charge is 2.25. The zero-order valence-electron chi connectivity index (χ0n) is 13.1. The smallest absolute Gasteiger partial charge is 0.253 e. The lowest BCUT2D eigenvalue weighted by molar-refractivity contribution is 0.0659. The third-order valence-electron chi connectivity index (χ3n) is 4.85. The molecular formula is C17H25N3O. The number of nitrogens with zero attached hydrogens (tertiary/aromatic N) is 2. The van der Waals surface area contributed by atoms with Crippen LogP contribution < -0.4 is 5.32 Å². The van der Waals surface area contributed by atoms with Crippen LogP contribution in [0.2, 0.25) is 0 Å². The first-order valence-electron chi connectivity index (χ1n) is 7.97. The summed E-state index contributed by atoms with van der Waals surface area (Å²) in [6, 6.07) is 6.48. The van der Waals surface area contributed by atoms with E-state index < -0.39 is 0 Å². The molecule has 1 aromatic rings. The fourth-order valence-corrected chi connectivity index (χ4v) is 3.36. The Balaban J connectivity index is 1.72. The molecule has 1 amide bonds. The Morgan fingerprint density at radius 3 is 2.86 bits per heavy atom. The minimum absolute atomic E-state index is 0.165. The lowest BCUT2D eigenvalue weighted by Crippen LogP contribution is -2.44. The van der Waals surface area contributed by atoms with E-state index in [2.05, 4.69) is 29.4 Å². The van der Waals surface area contributed by atoms with Crippen molar-refractivity contribution in [2.24, 2.45) is 0 Å². The number of piperidine rings is 1. The van der Waals surface area contributed by atoms with Crippen LogP contribution >= 0.6 is 0 Å². The molecule has 4 heteroatoms. The van der Waals surface area contributed by atoms with Gasteiger partial charge in [0.2, 0.25) is 0 Å². The number of amides is 1. The number of carbonyl (C=O) groups is 1. The van der Waals surface area contributed by atoms with Crippen molar-refractivity contribution in [1.29, 1.82) is 0 Å². The van der Waals surface area contributed by atoms with E-state index in [0.717, 1.165) is 50.9 Å². The predicted octanol–water partition coefficient (Wildman–Crippen LogP) is 2.21. The van der Waals surface area contributed by atoms with E-state index >= 15 is 0 Å². The van der Waals surface area contributed by atoms with Crippen LogP contribution in [0.25, 0.3) is 0 Å². The fraction of sp³-hybridized carbons (Fsp3) is 0.588. The maximum Gasteiger partial charge on any atom is 0.253 e. The molecule has 3 rings (SSSR count). The molecule has 0 bridgehead atoms. The van der Waals surface area contributed by atoms with Crippen molar-refractivity contribution < 1.29 is 4.79 Å². The monoisotopic (exact) mass is 287 g/mol. The highest BCUT2D eigenvalue weighted by atomic mass is 16.2. The highest BCUT2D eigenvalue weighted by Crippen LogP contribution is 2.24. The average Bonchev–Trinajstić information content (AvgIpc) is 2.54. The molecule has 4 nitrogen and oxygen atoms in total. The minimum atomic E-state index is 0.165. The summed E-state index contributed by atoms with van der Waals surface area (Å²) < 4.78 is 0. The van der Waals surface area contributed by atoms with Gasteiger partial charge in [0.25, 0.3) is 5.91 Å². The summed E-state index contributed by atoms with van der Waals surface area (Å²) in [7, 11) is 4.10. The maximum absolute atomic E-state index is 12.7. The topological polar surface area (TPSA) is 35.6 Å². The summed E-state index contributed by atoms with van der Waals surface area (Å²) in [5.74, 6) is 0.165. The van der Waals surface area contributed by atoms with Crippen molar-refractivity contribution in [2.45, 2.75) is 31.7 Å². The molecule has 1 aromatic carbocycles. The third-order valence-corrected chi connectivity index (χ3v) is 4.85. The van der Waals surface area contributed by atoms with E-state index in [0.29, 0.717) is 6.04 Å². The molecule has 0 aromatic heterocycles. The minimum Gasteiger partial charge on any atom is -0.385 e. The van der Waals surface area contributed by atoms with E-state index in [4.69, 9.17) is 0 Å². The molecule has 0 spiro atoms. The number of anilines is 1. The van der Waals surface area contributed by atoms with Crippen LogP contribution in [0.4, 0.5) is 5.69 Å². The number of hydrogen-bond donors (Lipinski definition) is 1. The third kappa shape index (κ3) is 3.05. The summed E-state index contributed by atoms with van der Waals surface area (Å²) in [5, 5.41) is 3.40. The highest BCUT2D eigenvalue weighted by molar-refractivity contribution is 5.95. The van der Waals surface area contributed by atoms with Gasteiger partial charge in [-0.15, -0.1) is 0 Å². The largest absolute Gasteiger partial charge is 0.385 e. The molecule has 114 valence electrons. The normalized spacial score (nSPS) is 19.7. The van der Waals surface area contributed by atoms with E-state index in [1.54, 1.807) is 0 Å². The maximum atomic E-state index is 12.7. The molecule has 1 saturated heterocycles. The summed E-state index contributed by atoms with van der Waals surface area (Å²) >= 11 is 0. The molecule has 0 unspecified atom stereocenters. The van der Waals surface area contributed by atoms with Gasteiger partial charge >= 0.3 is 0 Å². The van der Waals surface area contributed by atoms with Crippen molar-refractivity contribution in [3.63, 3.8) is 0 Å². The Kier molecular flexibility index (Phi) is 4.15. The van der Waals surface area contributed by atoms with Gasteiger partial charge in [-0.05, 0) is 69.6 Å². The van der Waals surface area contributed by atoms with Gasteiger partial charge in [0.05, 0.1) is 0 Å². The van der Waals surface area contributed by atoms with Crippen molar-refractivity contribution in [3.05, 3.63) is 29.3 Å². The van der Waals surface area contributed by atoms with Gasteiger partial charge in [-0.25, -0.2) is 0 Å². The number of benzene rings is 1. The molecule has 2 aliphatic rings. The quantitative estimate of drug-likeness (QED) is 0.906. The second kappa shape index (κ2) is 6.06. The van der Waals surface area contributed by atoms with Gasteiger partial charge in [-0.3, -0.25) is 4.79 Å². The van der Waals surface area contributed by atoms with E-state index in [-0.39, 0.29) is 5.91 Å². The lowest BCUT2D eigenvalue weighted by atomic mass is 9.99. The Bertz CT molecular complexity index is 521. The lowest BCUT2D eigenvalue weighted by Gasteiger charge is -2.35. The number of aryl methyl sites for hydroxylation is 1. The van der Waals surface area contributed by atoms with E-state index in [9.17, 15) is 4.79 Å². The Hall–Kier alpha value is -1.55. The molecule has 1 N–H and O–H groups in total. The summed E-state index contributed by atoms with van der Waals surface area (Å²) in [6.07, 6.45) is 4.37. The summed E-state index contributed by atoms with van der Waals surface area (Å²) in [6.45, 7) is 3.20. The summed E-state index contributed by atoms with van der Waals surface area (Å²) in [5.41, 5.74) is 3.31. The average molecular weight is 287 g/mol. The van der Waals surface area contributed by atoms with Crippen LogP contribution in [0.15, 0.2) is 18.2 Å². The second-order valence-corrected chi connectivity index (χ2v) is 6.35. The summed E-state index contributed by atoms with van der Waals surface area (Å²) in [4.78, 5) is 17.0. The molecule has 0 atom stereocenters. The van der Waals surface area contributed by atoms with Crippen LogP contribution in [0.5, 0.6) is 0 Å².